The summed E-state index contributed by atoms with van der Waals surface area (Å²) in [5, 5.41) is 6.20. The van der Waals surface area contributed by atoms with Crippen LogP contribution in [0.2, 0.25) is 10.0 Å². The standard InChI is InChI=1S/C22H16Cl2/c1-14(15-10-12-21(23)19-8-4-2-6-17(15)19)16-11-13-22(24)20-9-5-3-7-18(16)20/h2-14H,1H3. The van der Waals surface area contributed by atoms with Crippen LogP contribution in [-0.2, 0) is 0 Å². The van der Waals surface area contributed by atoms with Gasteiger partial charge < -0.3 is 0 Å². The van der Waals surface area contributed by atoms with Crippen molar-refractivity contribution in [1.29, 1.82) is 0 Å². The molecule has 2 heteroatoms. The first-order chi connectivity index (χ1) is 11.7. The van der Waals surface area contributed by atoms with Crippen molar-refractivity contribution in [2.75, 3.05) is 0 Å². The van der Waals surface area contributed by atoms with Gasteiger partial charge in [-0.2, -0.15) is 0 Å². The molecular weight excluding hydrogens is 335 g/mol. The lowest BCUT2D eigenvalue weighted by atomic mass is 9.86. The summed E-state index contributed by atoms with van der Waals surface area (Å²) in [5.74, 6) is 0.245. The summed E-state index contributed by atoms with van der Waals surface area (Å²) in [6.07, 6.45) is 0. The largest absolute Gasteiger partial charge is 0.0837 e. The Bertz CT molecular complexity index is 965. The van der Waals surface area contributed by atoms with Gasteiger partial charge in [0.2, 0.25) is 0 Å². The van der Waals surface area contributed by atoms with Crippen molar-refractivity contribution in [3.63, 3.8) is 0 Å². The molecule has 0 radical (unpaired) electrons. The molecule has 0 N–H and O–H groups in total. The van der Waals surface area contributed by atoms with Crippen molar-refractivity contribution in [2.24, 2.45) is 0 Å². The fourth-order valence-corrected chi connectivity index (χ4v) is 3.95. The summed E-state index contributed by atoms with van der Waals surface area (Å²) in [6, 6.07) is 24.9. The zero-order valence-corrected chi connectivity index (χ0v) is 14.8. The van der Waals surface area contributed by atoms with E-state index in [0.717, 1.165) is 20.8 Å². The lowest BCUT2D eigenvalue weighted by Gasteiger charge is -2.18. The Morgan fingerprint density at radius 3 is 1.33 bits per heavy atom. The Balaban J connectivity index is 1.97. The van der Waals surface area contributed by atoms with Gasteiger partial charge in [0, 0.05) is 26.7 Å². The molecule has 0 aliphatic rings. The second-order valence-electron chi connectivity index (χ2n) is 6.09. The van der Waals surface area contributed by atoms with E-state index in [0.29, 0.717) is 0 Å². The van der Waals surface area contributed by atoms with E-state index in [9.17, 15) is 0 Å². The molecule has 0 saturated carbocycles. The molecule has 0 atom stereocenters. The Hall–Kier alpha value is -2.02. The van der Waals surface area contributed by atoms with Crippen molar-refractivity contribution in [3.8, 4) is 0 Å². The van der Waals surface area contributed by atoms with Gasteiger partial charge in [0.05, 0.1) is 0 Å². The number of halogens is 2. The third-order valence-electron chi connectivity index (χ3n) is 4.74. The molecule has 4 aromatic carbocycles. The molecule has 0 saturated heterocycles. The molecule has 0 spiro atoms. The summed E-state index contributed by atoms with van der Waals surface area (Å²) in [5.41, 5.74) is 2.56. The van der Waals surface area contributed by atoms with Crippen LogP contribution < -0.4 is 0 Å². The number of hydrogen-bond donors (Lipinski definition) is 0. The normalized spacial score (nSPS) is 11.5. The van der Waals surface area contributed by atoms with Crippen LogP contribution >= 0.6 is 23.2 Å². The summed E-state index contributed by atoms with van der Waals surface area (Å²) >= 11 is 12.8. The highest BCUT2D eigenvalue weighted by molar-refractivity contribution is 6.36. The second-order valence-corrected chi connectivity index (χ2v) is 6.90. The average Bonchev–Trinajstić information content (AvgIpc) is 2.62. The van der Waals surface area contributed by atoms with Crippen molar-refractivity contribution in [2.45, 2.75) is 12.8 Å². The van der Waals surface area contributed by atoms with Crippen LogP contribution in [0.4, 0.5) is 0 Å². The molecule has 0 aromatic heterocycles. The molecule has 4 aromatic rings. The molecule has 0 amide bonds. The molecule has 0 fully saturated rings. The monoisotopic (exact) mass is 350 g/mol. The summed E-state index contributed by atoms with van der Waals surface area (Å²) in [7, 11) is 0. The molecular formula is C22H16Cl2. The van der Waals surface area contributed by atoms with E-state index in [4.69, 9.17) is 23.2 Å². The zero-order valence-electron chi connectivity index (χ0n) is 13.3. The molecule has 0 unspecified atom stereocenters. The zero-order chi connectivity index (χ0) is 16.7. The molecule has 0 aliphatic heterocycles. The third-order valence-corrected chi connectivity index (χ3v) is 5.40. The fourth-order valence-electron chi connectivity index (χ4n) is 3.49. The van der Waals surface area contributed by atoms with Crippen LogP contribution in [0.15, 0.2) is 72.8 Å². The van der Waals surface area contributed by atoms with E-state index in [-0.39, 0.29) is 5.92 Å². The molecule has 0 aliphatic carbocycles. The minimum Gasteiger partial charge on any atom is -0.0837 e. The molecule has 0 bridgehead atoms. The average molecular weight is 351 g/mol. The van der Waals surface area contributed by atoms with Crippen molar-refractivity contribution >= 4 is 44.7 Å². The minimum atomic E-state index is 0.245. The maximum Gasteiger partial charge on any atom is 0.0484 e. The van der Waals surface area contributed by atoms with Gasteiger partial charge in [-0.1, -0.05) is 90.8 Å². The van der Waals surface area contributed by atoms with E-state index in [1.807, 2.05) is 24.3 Å². The van der Waals surface area contributed by atoms with Gasteiger partial charge in [-0.05, 0) is 34.0 Å². The highest BCUT2D eigenvalue weighted by Gasteiger charge is 2.16. The molecule has 0 heterocycles. The van der Waals surface area contributed by atoms with Gasteiger partial charge in [0.1, 0.15) is 0 Å². The summed E-state index contributed by atoms with van der Waals surface area (Å²) in [6.45, 7) is 2.24. The first kappa shape index (κ1) is 15.5. The van der Waals surface area contributed by atoms with Gasteiger partial charge >= 0.3 is 0 Å². The van der Waals surface area contributed by atoms with Crippen LogP contribution in [0.25, 0.3) is 21.5 Å². The highest BCUT2D eigenvalue weighted by Crippen LogP contribution is 2.37. The van der Waals surface area contributed by atoms with Crippen LogP contribution in [0.1, 0.15) is 24.0 Å². The van der Waals surface area contributed by atoms with Gasteiger partial charge in [0.25, 0.3) is 0 Å². The molecule has 4 rings (SSSR count). The van der Waals surface area contributed by atoms with Crippen molar-refractivity contribution in [1.82, 2.24) is 0 Å². The van der Waals surface area contributed by atoms with Gasteiger partial charge in [-0.3, -0.25) is 0 Å². The van der Waals surface area contributed by atoms with Gasteiger partial charge in [-0.15, -0.1) is 0 Å². The first-order valence-electron chi connectivity index (χ1n) is 8.01. The fraction of sp³-hybridized carbons (Fsp3) is 0.0909. The third kappa shape index (κ3) is 2.47. The Labute approximate surface area is 151 Å². The Morgan fingerprint density at radius 1 is 0.542 bits per heavy atom. The topological polar surface area (TPSA) is 0 Å². The lowest BCUT2D eigenvalue weighted by Crippen LogP contribution is -1.99. The van der Waals surface area contributed by atoms with Crippen molar-refractivity contribution in [3.05, 3.63) is 94.0 Å². The summed E-state index contributed by atoms with van der Waals surface area (Å²) < 4.78 is 0. The van der Waals surface area contributed by atoms with Gasteiger partial charge in [0.15, 0.2) is 0 Å². The Morgan fingerprint density at radius 2 is 0.917 bits per heavy atom. The second kappa shape index (κ2) is 6.12. The minimum absolute atomic E-state index is 0.245. The van der Waals surface area contributed by atoms with Crippen LogP contribution in [0.3, 0.4) is 0 Å². The van der Waals surface area contributed by atoms with Crippen molar-refractivity contribution < 1.29 is 0 Å². The van der Waals surface area contributed by atoms with E-state index in [2.05, 4.69) is 55.5 Å². The quantitative estimate of drug-likeness (QED) is 0.352. The number of hydrogen-bond acceptors (Lipinski definition) is 0. The first-order valence-corrected chi connectivity index (χ1v) is 8.76. The molecule has 24 heavy (non-hydrogen) atoms. The maximum absolute atomic E-state index is 6.38. The lowest BCUT2D eigenvalue weighted by molar-refractivity contribution is 0.944. The van der Waals surface area contributed by atoms with Crippen LogP contribution in [0.5, 0.6) is 0 Å². The smallest absolute Gasteiger partial charge is 0.0484 e. The number of benzene rings is 4. The predicted octanol–water partition coefficient (Wildman–Crippen LogP) is 7.45. The van der Waals surface area contributed by atoms with E-state index in [1.165, 1.54) is 21.9 Å². The van der Waals surface area contributed by atoms with Crippen LogP contribution in [-0.4, -0.2) is 0 Å². The van der Waals surface area contributed by atoms with Crippen LogP contribution in [0, 0.1) is 0 Å². The maximum atomic E-state index is 6.38. The number of fused-ring (bicyclic) bond motifs is 2. The Kier molecular flexibility index (Phi) is 3.96. The SMILES string of the molecule is CC(c1ccc(Cl)c2ccccc12)c1ccc(Cl)c2ccccc12. The molecule has 0 nitrogen and oxygen atoms in total. The van der Waals surface area contributed by atoms with Gasteiger partial charge in [-0.25, -0.2) is 0 Å². The van der Waals surface area contributed by atoms with E-state index >= 15 is 0 Å². The van der Waals surface area contributed by atoms with E-state index < -0.39 is 0 Å². The predicted molar refractivity (Wildman–Crippen MR) is 105 cm³/mol. The van der Waals surface area contributed by atoms with E-state index in [1.54, 1.807) is 0 Å². The molecule has 118 valence electrons. The summed E-state index contributed by atoms with van der Waals surface area (Å²) in [4.78, 5) is 0. The highest BCUT2D eigenvalue weighted by atomic mass is 35.5. The number of rotatable bonds is 2.